The Kier molecular flexibility index (Phi) is 10.2. The van der Waals surface area contributed by atoms with Gasteiger partial charge in [0.1, 0.15) is 0 Å². The minimum absolute atomic E-state index is 0.0389. The van der Waals surface area contributed by atoms with E-state index in [1.807, 2.05) is 12.1 Å². The van der Waals surface area contributed by atoms with Gasteiger partial charge in [-0.1, -0.05) is 65.0 Å². The van der Waals surface area contributed by atoms with E-state index in [1.54, 1.807) is 31.1 Å². The summed E-state index contributed by atoms with van der Waals surface area (Å²) < 4.78 is 30.2. The fourth-order valence-corrected chi connectivity index (χ4v) is 13.5. The number of carbonyl (C=O) groups is 3. The second-order valence-corrected chi connectivity index (χ2v) is 19.3. The summed E-state index contributed by atoms with van der Waals surface area (Å²) in [6.45, 7) is 19.6. The molecule has 9 heteroatoms. The SMILES string of the molecule is C=C(C)[C@@H]1CC[C@]2(CNC(=O)C(F)(F)C(=O)NCCN(C)C)CC[C@]3(C)[C@H](CC[C@@H]4[C@@]5(C)CC=C(c6ccc(C(=O)O)cc6)C(C)(C)[C@@H]5CC[C@]43C)[C@@H]12. The number of carboxylic acids is 1. The number of rotatable bonds is 10. The van der Waals surface area contributed by atoms with Crippen LogP contribution in [0.3, 0.4) is 0 Å². The molecule has 1 aromatic rings. The maximum atomic E-state index is 15.1. The van der Waals surface area contributed by atoms with Crippen LogP contribution in [-0.4, -0.2) is 67.4 Å². The Hall–Kier alpha value is -3.07. The largest absolute Gasteiger partial charge is 0.478 e. The first kappa shape index (κ1) is 39.6. The summed E-state index contributed by atoms with van der Waals surface area (Å²) in [6.07, 6.45) is 11.5. The lowest BCUT2D eigenvalue weighted by molar-refractivity contribution is -0.225. The number of alkyl halides is 2. The highest BCUT2D eigenvalue weighted by Crippen LogP contribution is 2.77. The number of carbonyl (C=O) groups excluding carboxylic acids is 2. The molecular weight excluding hydrogens is 672 g/mol. The highest BCUT2D eigenvalue weighted by atomic mass is 19.3. The molecule has 0 heterocycles. The molecule has 4 fully saturated rings. The molecule has 7 nitrogen and oxygen atoms in total. The zero-order chi connectivity index (χ0) is 38.9. The van der Waals surface area contributed by atoms with Gasteiger partial charge in [0.25, 0.3) is 0 Å². The zero-order valence-corrected chi connectivity index (χ0v) is 33.3. The number of hydrogen-bond donors (Lipinski definition) is 3. The van der Waals surface area contributed by atoms with Gasteiger partial charge in [-0.05, 0) is 159 Å². The number of benzene rings is 1. The molecule has 2 amide bonds. The van der Waals surface area contributed by atoms with Crippen LogP contribution in [0.5, 0.6) is 0 Å². The van der Waals surface area contributed by atoms with Crippen molar-refractivity contribution in [2.24, 2.45) is 56.7 Å². The van der Waals surface area contributed by atoms with Crippen molar-refractivity contribution in [3.8, 4) is 0 Å². The third-order valence-corrected chi connectivity index (χ3v) is 16.3. The van der Waals surface area contributed by atoms with Crippen LogP contribution in [-0.2, 0) is 9.59 Å². The van der Waals surface area contributed by atoms with Crippen molar-refractivity contribution in [1.82, 2.24) is 15.5 Å². The third-order valence-electron chi connectivity index (χ3n) is 16.3. The first-order valence-corrected chi connectivity index (χ1v) is 19.9. The van der Waals surface area contributed by atoms with E-state index < -0.39 is 23.7 Å². The van der Waals surface area contributed by atoms with Gasteiger partial charge in [0.05, 0.1) is 5.56 Å². The molecule has 0 spiro atoms. The Morgan fingerprint density at radius 3 is 2.17 bits per heavy atom. The number of carboxylic acid groups (broad SMARTS) is 1. The van der Waals surface area contributed by atoms with E-state index in [9.17, 15) is 19.5 Å². The van der Waals surface area contributed by atoms with Gasteiger partial charge in [-0.2, -0.15) is 8.78 Å². The van der Waals surface area contributed by atoms with Gasteiger partial charge >= 0.3 is 23.7 Å². The maximum Gasteiger partial charge on any atom is 0.400 e. The second-order valence-electron chi connectivity index (χ2n) is 19.3. The number of likely N-dealkylation sites (N-methyl/N-ethyl adjacent to an activating group) is 1. The molecule has 0 aromatic heterocycles. The summed E-state index contributed by atoms with van der Waals surface area (Å²) in [5.74, 6) is -6.24. The molecule has 292 valence electrons. The molecule has 9 atom stereocenters. The lowest BCUT2D eigenvalue weighted by Crippen LogP contribution is -2.66. The van der Waals surface area contributed by atoms with Crippen molar-refractivity contribution in [2.45, 2.75) is 105 Å². The summed E-state index contributed by atoms with van der Waals surface area (Å²) in [7, 11) is 3.58. The van der Waals surface area contributed by atoms with Crippen LogP contribution >= 0.6 is 0 Å². The number of halogens is 2. The number of amides is 2. The van der Waals surface area contributed by atoms with Crippen LogP contribution < -0.4 is 10.6 Å². The average molecular weight is 736 g/mol. The molecule has 0 bridgehead atoms. The molecule has 0 saturated heterocycles. The van der Waals surface area contributed by atoms with E-state index in [1.165, 1.54) is 5.57 Å². The number of fused-ring (bicyclic) bond motifs is 7. The molecule has 53 heavy (non-hydrogen) atoms. The Morgan fingerprint density at radius 1 is 0.887 bits per heavy atom. The van der Waals surface area contributed by atoms with Crippen LogP contribution in [0.15, 0.2) is 42.5 Å². The van der Waals surface area contributed by atoms with Gasteiger partial charge in [-0.15, -0.1) is 0 Å². The van der Waals surface area contributed by atoms with Crippen molar-refractivity contribution < 1.29 is 28.3 Å². The predicted molar refractivity (Wildman–Crippen MR) is 205 cm³/mol. The van der Waals surface area contributed by atoms with Gasteiger partial charge in [0, 0.05) is 19.6 Å². The summed E-state index contributed by atoms with van der Waals surface area (Å²) in [6, 6.07) is 7.37. The summed E-state index contributed by atoms with van der Waals surface area (Å²) in [5.41, 5.74) is 3.69. The Balaban J connectivity index is 1.26. The van der Waals surface area contributed by atoms with Gasteiger partial charge in [-0.3, -0.25) is 9.59 Å². The van der Waals surface area contributed by atoms with Crippen molar-refractivity contribution in [3.05, 3.63) is 53.6 Å². The minimum atomic E-state index is -4.14. The fourth-order valence-electron chi connectivity index (χ4n) is 13.5. The highest BCUT2D eigenvalue weighted by molar-refractivity contribution is 6.06. The first-order chi connectivity index (χ1) is 24.7. The van der Waals surface area contributed by atoms with Crippen LogP contribution in [0.1, 0.15) is 115 Å². The van der Waals surface area contributed by atoms with E-state index in [4.69, 9.17) is 0 Å². The quantitative estimate of drug-likeness (QED) is 0.166. The van der Waals surface area contributed by atoms with E-state index in [2.05, 4.69) is 64.8 Å². The van der Waals surface area contributed by atoms with Crippen LogP contribution in [0, 0.1) is 56.7 Å². The van der Waals surface area contributed by atoms with Crippen LogP contribution in [0.2, 0.25) is 0 Å². The number of allylic oxidation sites excluding steroid dienone is 3. The monoisotopic (exact) mass is 735 g/mol. The number of aromatic carboxylic acids is 1. The molecule has 4 saturated carbocycles. The van der Waals surface area contributed by atoms with Crippen molar-refractivity contribution in [2.75, 3.05) is 33.7 Å². The van der Waals surface area contributed by atoms with Crippen LogP contribution in [0.25, 0.3) is 5.57 Å². The Labute approximate surface area is 315 Å². The van der Waals surface area contributed by atoms with Crippen molar-refractivity contribution in [1.29, 1.82) is 0 Å². The summed E-state index contributed by atoms with van der Waals surface area (Å²) in [4.78, 5) is 38.8. The molecular formula is C44H63F2N3O4. The molecule has 0 unspecified atom stereocenters. The van der Waals surface area contributed by atoms with Gasteiger partial charge in [-0.25, -0.2) is 4.79 Å². The molecule has 0 aliphatic heterocycles. The zero-order valence-electron chi connectivity index (χ0n) is 33.3. The minimum Gasteiger partial charge on any atom is -0.478 e. The first-order valence-electron chi connectivity index (χ1n) is 19.9. The smallest absolute Gasteiger partial charge is 0.400 e. The van der Waals surface area contributed by atoms with Gasteiger partial charge in [0.15, 0.2) is 0 Å². The number of hydrogen-bond acceptors (Lipinski definition) is 4. The number of nitrogens with one attached hydrogen (secondary N) is 2. The summed E-state index contributed by atoms with van der Waals surface area (Å²) in [5, 5.41) is 14.3. The third kappa shape index (κ3) is 6.19. The van der Waals surface area contributed by atoms with Gasteiger partial charge in [0.2, 0.25) is 0 Å². The lowest BCUT2D eigenvalue weighted by Gasteiger charge is -2.72. The summed E-state index contributed by atoms with van der Waals surface area (Å²) >= 11 is 0. The van der Waals surface area contributed by atoms with E-state index in [0.717, 1.165) is 68.9 Å². The van der Waals surface area contributed by atoms with E-state index >= 15 is 8.78 Å². The Morgan fingerprint density at radius 2 is 1.55 bits per heavy atom. The lowest BCUT2D eigenvalue weighted by atomic mass is 9.32. The molecule has 3 N–H and O–H groups in total. The highest BCUT2D eigenvalue weighted by Gasteiger charge is 2.70. The van der Waals surface area contributed by atoms with E-state index in [-0.39, 0.29) is 52.0 Å². The molecule has 5 aliphatic carbocycles. The van der Waals surface area contributed by atoms with E-state index in [0.29, 0.717) is 29.9 Å². The van der Waals surface area contributed by atoms with Crippen molar-refractivity contribution in [3.63, 3.8) is 0 Å². The standard InChI is InChI=1S/C44H63F2N3O4/c1-27(2)30-16-21-43(26-48-38(53)44(45,46)37(52)47-24-25-49(8)9)23-22-41(6)32(35(30)43)14-15-34-40(5)19-17-31(28-10-12-29(13-11-28)36(50)51)39(3,4)33(40)18-20-42(34,41)7/h10-13,17,30,32-35H,1,14-16,18-26H2,2-9H3,(H,47,52)(H,48,53)(H,50,51)/t30-,32+,33-,34+,35+,40-,41+,42+,43+/m0/s1. The molecule has 6 rings (SSSR count). The topological polar surface area (TPSA) is 98.7 Å². The maximum absolute atomic E-state index is 15.1. The van der Waals surface area contributed by atoms with Crippen molar-refractivity contribution >= 4 is 23.4 Å². The average Bonchev–Trinajstić information content (AvgIpc) is 3.47. The predicted octanol–water partition coefficient (Wildman–Crippen LogP) is 8.47. The molecule has 1 aromatic carbocycles. The number of nitrogens with zero attached hydrogens (tertiary/aromatic N) is 1. The Bertz CT molecular complexity index is 1670. The second kappa shape index (κ2) is 13.6. The fraction of sp³-hybridized carbons (Fsp3) is 0.705. The molecule has 5 aliphatic rings. The molecule has 0 radical (unpaired) electrons. The van der Waals surface area contributed by atoms with Crippen LogP contribution in [0.4, 0.5) is 8.78 Å². The van der Waals surface area contributed by atoms with Gasteiger partial charge < -0.3 is 20.6 Å². The normalized spacial score (nSPS) is 37.3.